The molecule has 0 spiro atoms. The first-order valence-electron chi connectivity index (χ1n) is 6.72. The third-order valence-corrected chi connectivity index (χ3v) is 2.54. The van der Waals surface area contributed by atoms with Gasteiger partial charge in [0.25, 0.3) is 0 Å². The highest BCUT2D eigenvalue weighted by molar-refractivity contribution is 5.90. The highest BCUT2D eigenvalue weighted by Gasteiger charge is 2.17. The minimum atomic E-state index is -0.493. The Bertz CT molecular complexity index is 626. The van der Waals surface area contributed by atoms with Gasteiger partial charge in [-0.1, -0.05) is 6.07 Å². The van der Waals surface area contributed by atoms with Crippen molar-refractivity contribution in [2.75, 3.05) is 0 Å². The molecule has 1 heterocycles. The Morgan fingerprint density at radius 1 is 1.14 bits per heavy atom. The lowest BCUT2D eigenvalue weighted by Crippen LogP contribution is -2.23. The van der Waals surface area contributed by atoms with Crippen molar-refractivity contribution in [2.45, 2.75) is 26.4 Å². The predicted molar refractivity (Wildman–Crippen MR) is 83.1 cm³/mol. The first kappa shape index (κ1) is 14.9. The molecule has 0 atom stereocenters. The lowest BCUT2D eigenvalue weighted by molar-refractivity contribution is 0.00696. The topological polar surface area (TPSA) is 51.5 Å². The Labute approximate surface area is 124 Å². The smallest absolute Gasteiger partial charge is 0.338 e. The Kier molecular flexibility index (Phi) is 4.48. The van der Waals surface area contributed by atoms with E-state index in [1.165, 1.54) is 0 Å². The van der Waals surface area contributed by atoms with Crippen LogP contribution in [0.4, 0.5) is 5.69 Å². The summed E-state index contributed by atoms with van der Waals surface area (Å²) in [5.74, 6) is -0.331. The fourth-order valence-electron chi connectivity index (χ4n) is 1.61. The van der Waals surface area contributed by atoms with E-state index in [2.05, 4.69) is 9.98 Å². The van der Waals surface area contributed by atoms with Crippen LogP contribution in [0.25, 0.3) is 0 Å². The highest BCUT2D eigenvalue weighted by Crippen LogP contribution is 2.16. The highest BCUT2D eigenvalue weighted by atomic mass is 16.6. The number of carbonyl (C=O) groups is 1. The largest absolute Gasteiger partial charge is 0.456 e. The summed E-state index contributed by atoms with van der Waals surface area (Å²) in [5, 5.41) is 0. The average Bonchev–Trinajstić information content (AvgIpc) is 2.45. The van der Waals surface area contributed by atoms with Crippen LogP contribution in [0.5, 0.6) is 0 Å². The predicted octanol–water partition coefficient (Wildman–Crippen LogP) is 3.79. The molecule has 1 aromatic carbocycles. The second-order valence-electron chi connectivity index (χ2n) is 5.56. The SMILES string of the molecule is CC(C)(C)OC(=O)c1ccc(N=Cc2ccccn2)cc1. The van der Waals surface area contributed by atoms with E-state index in [1.54, 1.807) is 36.7 Å². The molecule has 2 rings (SSSR count). The number of hydrogen-bond donors (Lipinski definition) is 0. The van der Waals surface area contributed by atoms with Crippen LogP contribution in [0.3, 0.4) is 0 Å². The molecular formula is C17H18N2O2. The van der Waals surface area contributed by atoms with Crippen molar-refractivity contribution >= 4 is 17.9 Å². The van der Waals surface area contributed by atoms with Gasteiger partial charge in [-0.05, 0) is 57.2 Å². The first-order valence-corrected chi connectivity index (χ1v) is 6.72. The van der Waals surface area contributed by atoms with Crippen molar-refractivity contribution < 1.29 is 9.53 Å². The van der Waals surface area contributed by atoms with Crippen molar-refractivity contribution in [3.63, 3.8) is 0 Å². The molecule has 0 amide bonds. The number of esters is 1. The third kappa shape index (κ3) is 4.84. The summed E-state index contributed by atoms with van der Waals surface area (Å²) in [6, 6.07) is 12.6. The van der Waals surface area contributed by atoms with Crippen LogP contribution >= 0.6 is 0 Å². The molecule has 21 heavy (non-hydrogen) atoms. The molecule has 0 saturated heterocycles. The maximum atomic E-state index is 11.9. The molecule has 0 radical (unpaired) electrons. The van der Waals surface area contributed by atoms with Crippen molar-refractivity contribution in [3.05, 3.63) is 59.9 Å². The van der Waals surface area contributed by atoms with Gasteiger partial charge in [0.1, 0.15) is 5.60 Å². The number of benzene rings is 1. The molecule has 0 aliphatic carbocycles. The summed E-state index contributed by atoms with van der Waals surface area (Å²) in [7, 11) is 0. The summed E-state index contributed by atoms with van der Waals surface area (Å²) in [5.41, 5.74) is 1.57. The van der Waals surface area contributed by atoms with Gasteiger partial charge >= 0.3 is 5.97 Å². The number of ether oxygens (including phenoxy) is 1. The third-order valence-electron chi connectivity index (χ3n) is 2.54. The number of rotatable bonds is 3. The van der Waals surface area contributed by atoms with E-state index in [0.29, 0.717) is 5.56 Å². The van der Waals surface area contributed by atoms with Gasteiger partial charge in [-0.15, -0.1) is 0 Å². The number of aromatic nitrogens is 1. The van der Waals surface area contributed by atoms with Crippen molar-refractivity contribution in [1.29, 1.82) is 0 Å². The van der Waals surface area contributed by atoms with E-state index in [9.17, 15) is 4.79 Å². The first-order chi connectivity index (χ1) is 9.94. The van der Waals surface area contributed by atoms with Crippen molar-refractivity contribution in [2.24, 2.45) is 4.99 Å². The fourth-order valence-corrected chi connectivity index (χ4v) is 1.61. The van der Waals surface area contributed by atoms with E-state index < -0.39 is 5.60 Å². The molecule has 0 aliphatic heterocycles. The second kappa shape index (κ2) is 6.31. The second-order valence-corrected chi connectivity index (χ2v) is 5.56. The van der Waals surface area contributed by atoms with Gasteiger partial charge in [0.15, 0.2) is 0 Å². The minimum absolute atomic E-state index is 0.331. The summed E-state index contributed by atoms with van der Waals surface area (Å²) < 4.78 is 5.31. The number of carbonyl (C=O) groups excluding carboxylic acids is 1. The lowest BCUT2D eigenvalue weighted by Gasteiger charge is -2.19. The quantitative estimate of drug-likeness (QED) is 0.635. The average molecular weight is 282 g/mol. The van der Waals surface area contributed by atoms with Crippen LogP contribution in [0, 0.1) is 0 Å². The van der Waals surface area contributed by atoms with Crippen molar-refractivity contribution in [3.8, 4) is 0 Å². The van der Waals surface area contributed by atoms with Crippen LogP contribution in [0.2, 0.25) is 0 Å². The molecule has 0 N–H and O–H groups in total. The molecule has 4 heteroatoms. The van der Waals surface area contributed by atoms with E-state index in [0.717, 1.165) is 11.4 Å². The molecule has 0 saturated carbocycles. The molecule has 0 bridgehead atoms. The maximum absolute atomic E-state index is 11.9. The minimum Gasteiger partial charge on any atom is -0.456 e. The molecule has 4 nitrogen and oxygen atoms in total. The van der Waals surface area contributed by atoms with Gasteiger partial charge in [0, 0.05) is 6.20 Å². The van der Waals surface area contributed by atoms with Crippen molar-refractivity contribution in [1.82, 2.24) is 4.98 Å². The van der Waals surface area contributed by atoms with E-state index >= 15 is 0 Å². The molecule has 0 fully saturated rings. The maximum Gasteiger partial charge on any atom is 0.338 e. The lowest BCUT2D eigenvalue weighted by atomic mass is 10.1. The number of nitrogens with zero attached hydrogens (tertiary/aromatic N) is 2. The van der Waals surface area contributed by atoms with Gasteiger partial charge in [0.05, 0.1) is 23.2 Å². The van der Waals surface area contributed by atoms with E-state index in [-0.39, 0.29) is 5.97 Å². The molecule has 0 aliphatic rings. The Morgan fingerprint density at radius 3 is 2.43 bits per heavy atom. The Hall–Kier alpha value is -2.49. The molecule has 1 aromatic heterocycles. The monoisotopic (exact) mass is 282 g/mol. The number of aliphatic imine (C=N–C) groups is 1. The normalized spacial score (nSPS) is 11.6. The van der Waals surface area contributed by atoms with Gasteiger partial charge in [-0.25, -0.2) is 4.79 Å². The van der Waals surface area contributed by atoms with E-state index in [4.69, 9.17) is 4.74 Å². The Morgan fingerprint density at radius 2 is 1.86 bits per heavy atom. The summed E-state index contributed by atoms with van der Waals surface area (Å²) in [6.45, 7) is 5.53. The van der Waals surface area contributed by atoms with Gasteiger partial charge in [-0.3, -0.25) is 9.98 Å². The summed E-state index contributed by atoms with van der Waals surface area (Å²) in [4.78, 5) is 20.3. The number of pyridine rings is 1. The van der Waals surface area contributed by atoms with Crippen LogP contribution in [0.1, 0.15) is 36.8 Å². The zero-order valence-corrected chi connectivity index (χ0v) is 12.4. The van der Waals surface area contributed by atoms with Gasteiger partial charge in [-0.2, -0.15) is 0 Å². The van der Waals surface area contributed by atoms with Crippen LogP contribution in [-0.4, -0.2) is 22.8 Å². The van der Waals surface area contributed by atoms with Gasteiger partial charge < -0.3 is 4.74 Å². The Balaban J connectivity index is 2.06. The standard InChI is InChI=1S/C17H18N2O2/c1-17(2,3)21-16(20)13-7-9-14(10-8-13)19-12-15-6-4-5-11-18-15/h4-12H,1-3H3. The number of hydrogen-bond acceptors (Lipinski definition) is 4. The molecule has 108 valence electrons. The molecule has 0 unspecified atom stereocenters. The summed E-state index contributed by atoms with van der Waals surface area (Å²) in [6.07, 6.45) is 3.40. The van der Waals surface area contributed by atoms with Gasteiger partial charge in [0.2, 0.25) is 0 Å². The summed E-state index contributed by atoms with van der Waals surface area (Å²) >= 11 is 0. The zero-order chi connectivity index (χ0) is 15.3. The van der Waals surface area contributed by atoms with E-state index in [1.807, 2.05) is 39.0 Å². The fraction of sp³-hybridized carbons (Fsp3) is 0.235. The van der Waals surface area contributed by atoms with Crippen LogP contribution in [0.15, 0.2) is 53.7 Å². The molecular weight excluding hydrogens is 264 g/mol. The molecule has 2 aromatic rings. The zero-order valence-electron chi connectivity index (χ0n) is 12.4. The van der Waals surface area contributed by atoms with Crippen LogP contribution < -0.4 is 0 Å². The van der Waals surface area contributed by atoms with Crippen LogP contribution in [-0.2, 0) is 4.74 Å².